The third kappa shape index (κ3) is 3.35. The number of halogens is 2. The van der Waals surface area contributed by atoms with Crippen LogP contribution >= 0.6 is 23.2 Å². The Morgan fingerprint density at radius 2 is 2.17 bits per heavy atom. The Hall–Kier alpha value is -0.360. The van der Waals surface area contributed by atoms with E-state index in [0.29, 0.717) is 18.4 Å². The largest absolute Gasteiger partial charge is 0.242 e. The third-order valence-electron chi connectivity index (χ3n) is 3.10. The maximum atomic E-state index is 12.0. The highest BCUT2D eigenvalue weighted by Gasteiger charge is 2.29. The van der Waals surface area contributed by atoms with Gasteiger partial charge in [0.2, 0.25) is 10.0 Å². The summed E-state index contributed by atoms with van der Waals surface area (Å²) in [4.78, 5) is 3.78. The Morgan fingerprint density at radius 3 is 2.72 bits per heavy atom. The van der Waals surface area contributed by atoms with Gasteiger partial charge in [-0.2, -0.15) is 0 Å². The second-order valence-corrected chi connectivity index (χ2v) is 7.14. The molecule has 1 aliphatic rings. The number of hydrogen-bond donors (Lipinski definition) is 1. The van der Waals surface area contributed by atoms with Crippen molar-refractivity contribution >= 4 is 33.2 Å². The molecular formula is C11H14Cl2N2O2S. The van der Waals surface area contributed by atoms with Crippen LogP contribution in [0.3, 0.4) is 0 Å². The molecule has 1 aromatic heterocycles. The average molecular weight is 309 g/mol. The maximum Gasteiger partial charge on any atom is 0.242 e. The van der Waals surface area contributed by atoms with Crippen LogP contribution in [-0.2, 0) is 10.0 Å². The first-order chi connectivity index (χ1) is 8.40. The van der Waals surface area contributed by atoms with E-state index in [-0.39, 0.29) is 15.1 Å². The van der Waals surface area contributed by atoms with Crippen LogP contribution in [0.15, 0.2) is 17.2 Å². The molecular weight excluding hydrogens is 295 g/mol. The first-order valence-electron chi connectivity index (χ1n) is 5.71. The number of nitrogens with one attached hydrogen (secondary N) is 1. The molecule has 1 aromatic rings. The lowest BCUT2D eigenvalue weighted by Crippen LogP contribution is -2.29. The minimum atomic E-state index is -3.56. The van der Waals surface area contributed by atoms with Gasteiger partial charge < -0.3 is 0 Å². The van der Waals surface area contributed by atoms with Crippen molar-refractivity contribution in [2.45, 2.75) is 24.7 Å². The highest BCUT2D eigenvalue weighted by atomic mass is 35.5. The van der Waals surface area contributed by atoms with Crippen molar-refractivity contribution in [2.75, 3.05) is 6.54 Å². The third-order valence-corrected chi connectivity index (χ3v) is 5.18. The molecule has 1 saturated carbocycles. The van der Waals surface area contributed by atoms with E-state index < -0.39 is 10.0 Å². The average Bonchev–Trinajstić information content (AvgIpc) is 3.13. The Kier molecular flexibility index (Phi) is 4.16. The summed E-state index contributed by atoms with van der Waals surface area (Å²) in [5.74, 6) is 1.01. The zero-order chi connectivity index (χ0) is 13.3. The molecule has 1 unspecified atom stereocenters. The summed E-state index contributed by atoms with van der Waals surface area (Å²) < 4.78 is 26.6. The number of pyridine rings is 1. The molecule has 0 aliphatic heterocycles. The Labute approximate surface area is 117 Å². The molecule has 0 saturated heterocycles. The van der Waals surface area contributed by atoms with Gasteiger partial charge in [0.05, 0.1) is 5.02 Å². The van der Waals surface area contributed by atoms with Crippen LogP contribution in [0.5, 0.6) is 0 Å². The number of nitrogens with zero attached hydrogens (tertiary/aromatic N) is 1. The summed E-state index contributed by atoms with van der Waals surface area (Å²) in [5, 5.41) is 0.233. The van der Waals surface area contributed by atoms with Crippen molar-refractivity contribution in [1.82, 2.24) is 9.71 Å². The van der Waals surface area contributed by atoms with Gasteiger partial charge in [-0.3, -0.25) is 0 Å². The van der Waals surface area contributed by atoms with Gasteiger partial charge in [-0.15, -0.1) is 0 Å². The first kappa shape index (κ1) is 14.1. The van der Waals surface area contributed by atoms with Gasteiger partial charge >= 0.3 is 0 Å². The summed E-state index contributed by atoms with van der Waals surface area (Å²) in [6, 6.07) is 1.31. The number of rotatable bonds is 5. The van der Waals surface area contributed by atoms with Crippen molar-refractivity contribution in [3.63, 3.8) is 0 Å². The van der Waals surface area contributed by atoms with Crippen LogP contribution in [0.2, 0.25) is 10.2 Å². The smallest absolute Gasteiger partial charge is 0.242 e. The van der Waals surface area contributed by atoms with Crippen LogP contribution < -0.4 is 4.72 Å². The summed E-state index contributed by atoms with van der Waals surface area (Å²) in [7, 11) is -3.56. The molecule has 0 amide bonds. The molecule has 1 N–H and O–H groups in total. The summed E-state index contributed by atoms with van der Waals surface area (Å²) in [6.45, 7) is 2.49. The van der Waals surface area contributed by atoms with Crippen LogP contribution in [0.4, 0.5) is 0 Å². The lowest BCUT2D eigenvalue weighted by Gasteiger charge is -2.12. The van der Waals surface area contributed by atoms with E-state index in [9.17, 15) is 8.42 Å². The van der Waals surface area contributed by atoms with Crippen LogP contribution in [0.1, 0.15) is 19.8 Å². The van der Waals surface area contributed by atoms with Crippen LogP contribution in [0, 0.1) is 11.8 Å². The molecule has 2 rings (SSSR count). The fraction of sp³-hybridized carbons (Fsp3) is 0.545. The van der Waals surface area contributed by atoms with E-state index in [1.54, 1.807) is 0 Å². The van der Waals surface area contributed by atoms with E-state index in [1.165, 1.54) is 25.1 Å². The van der Waals surface area contributed by atoms with E-state index in [0.717, 1.165) is 0 Å². The Balaban J connectivity index is 2.07. The fourth-order valence-corrected chi connectivity index (χ4v) is 3.15. The number of hydrogen-bond acceptors (Lipinski definition) is 3. The van der Waals surface area contributed by atoms with Gasteiger partial charge in [-0.25, -0.2) is 18.1 Å². The SMILES string of the molecule is CC(CNS(=O)(=O)c1cnc(Cl)c(Cl)c1)C1CC1. The van der Waals surface area contributed by atoms with Gasteiger partial charge in [-0.1, -0.05) is 30.1 Å². The molecule has 0 bridgehead atoms. The minimum absolute atomic E-state index is 0.0416. The van der Waals surface area contributed by atoms with Crippen molar-refractivity contribution in [2.24, 2.45) is 11.8 Å². The van der Waals surface area contributed by atoms with Crippen molar-refractivity contribution in [3.05, 3.63) is 22.4 Å². The zero-order valence-electron chi connectivity index (χ0n) is 9.86. The Bertz CT molecular complexity index is 544. The van der Waals surface area contributed by atoms with Crippen molar-refractivity contribution in [1.29, 1.82) is 0 Å². The van der Waals surface area contributed by atoms with Crippen molar-refractivity contribution < 1.29 is 8.42 Å². The van der Waals surface area contributed by atoms with Crippen LogP contribution in [-0.4, -0.2) is 19.9 Å². The van der Waals surface area contributed by atoms with Gasteiger partial charge in [-0.05, 0) is 30.7 Å². The van der Waals surface area contributed by atoms with Gasteiger partial charge in [0.15, 0.2) is 0 Å². The molecule has 4 nitrogen and oxygen atoms in total. The highest BCUT2D eigenvalue weighted by molar-refractivity contribution is 7.89. The van der Waals surface area contributed by atoms with E-state index in [2.05, 4.69) is 9.71 Å². The second-order valence-electron chi connectivity index (χ2n) is 4.61. The molecule has 7 heteroatoms. The number of sulfonamides is 1. The molecule has 0 radical (unpaired) electrons. The van der Waals surface area contributed by atoms with E-state index in [4.69, 9.17) is 23.2 Å². The predicted molar refractivity (Wildman–Crippen MR) is 71.3 cm³/mol. The topological polar surface area (TPSA) is 59.1 Å². The lowest BCUT2D eigenvalue weighted by atomic mass is 10.1. The second kappa shape index (κ2) is 5.33. The van der Waals surface area contributed by atoms with Gasteiger partial charge in [0.1, 0.15) is 10.0 Å². The van der Waals surface area contributed by atoms with Crippen molar-refractivity contribution in [3.8, 4) is 0 Å². The first-order valence-corrected chi connectivity index (χ1v) is 7.95. The fourth-order valence-electron chi connectivity index (χ4n) is 1.71. The quantitative estimate of drug-likeness (QED) is 0.851. The molecule has 1 heterocycles. The lowest BCUT2D eigenvalue weighted by molar-refractivity contribution is 0.491. The summed E-state index contributed by atoms with van der Waals surface area (Å²) >= 11 is 11.4. The van der Waals surface area contributed by atoms with Crippen LogP contribution in [0.25, 0.3) is 0 Å². The van der Waals surface area contributed by atoms with Gasteiger partial charge in [0.25, 0.3) is 0 Å². The van der Waals surface area contributed by atoms with E-state index in [1.807, 2.05) is 6.92 Å². The predicted octanol–water partition coefficient (Wildman–Crippen LogP) is 2.71. The zero-order valence-corrected chi connectivity index (χ0v) is 12.2. The Morgan fingerprint density at radius 1 is 1.50 bits per heavy atom. The molecule has 0 aromatic carbocycles. The molecule has 100 valence electrons. The highest BCUT2D eigenvalue weighted by Crippen LogP contribution is 2.36. The molecule has 0 spiro atoms. The monoisotopic (exact) mass is 308 g/mol. The molecule has 1 fully saturated rings. The maximum absolute atomic E-state index is 12.0. The van der Waals surface area contributed by atoms with E-state index >= 15 is 0 Å². The normalized spacial score (nSPS) is 17.7. The number of aromatic nitrogens is 1. The molecule has 1 aliphatic carbocycles. The summed E-state index contributed by atoms with van der Waals surface area (Å²) in [6.07, 6.45) is 3.59. The minimum Gasteiger partial charge on any atom is -0.242 e. The summed E-state index contributed by atoms with van der Waals surface area (Å²) in [5.41, 5.74) is 0. The molecule has 18 heavy (non-hydrogen) atoms. The molecule has 1 atom stereocenters. The van der Waals surface area contributed by atoms with Gasteiger partial charge in [0, 0.05) is 12.7 Å². The standard InChI is InChI=1S/C11H14Cl2N2O2S/c1-7(8-2-3-8)5-15-18(16,17)9-4-10(12)11(13)14-6-9/h4,6-8,15H,2-3,5H2,1H3.